The molecule has 8 nitrogen and oxygen atoms in total. The summed E-state index contributed by atoms with van der Waals surface area (Å²) in [6, 6.07) is 0.832. The number of hydrogen-bond donors (Lipinski definition) is 3. The molecule has 0 spiro atoms. The number of aliphatic carboxylic acids is 1. The third kappa shape index (κ3) is 2.86. The first-order valence-corrected chi connectivity index (χ1v) is 9.87. The average molecular weight is 414 g/mol. The number of nitrogen functional groups attached to an aromatic ring is 1. The van der Waals surface area contributed by atoms with Crippen LogP contribution in [0.25, 0.3) is 16.8 Å². The van der Waals surface area contributed by atoms with Gasteiger partial charge in [0.05, 0.1) is 23.9 Å². The zero-order valence-corrected chi connectivity index (χ0v) is 15.9. The number of carboxylic acid groups (broad SMARTS) is 1. The second-order valence-corrected chi connectivity index (χ2v) is 8.05. The maximum absolute atomic E-state index is 14.8. The molecule has 10 heteroatoms. The van der Waals surface area contributed by atoms with Gasteiger partial charge in [-0.15, -0.1) is 5.10 Å². The van der Waals surface area contributed by atoms with Crippen molar-refractivity contribution < 1.29 is 18.7 Å². The van der Waals surface area contributed by atoms with Gasteiger partial charge >= 0.3 is 5.97 Å². The van der Waals surface area contributed by atoms with Crippen LogP contribution in [0.5, 0.6) is 0 Å². The Morgan fingerprint density at radius 3 is 2.60 bits per heavy atom. The normalized spacial score (nSPS) is 25.5. The molecule has 0 radical (unpaired) electrons. The fourth-order valence-corrected chi connectivity index (χ4v) is 5.11. The molecular weight excluding hydrogens is 394 g/mol. The van der Waals surface area contributed by atoms with Gasteiger partial charge in [-0.05, 0) is 43.6 Å². The molecule has 4 N–H and O–H groups in total. The number of anilines is 2. The Hall–Kier alpha value is -3.30. The van der Waals surface area contributed by atoms with Gasteiger partial charge in [0.1, 0.15) is 5.82 Å². The van der Waals surface area contributed by atoms with Crippen LogP contribution in [0.1, 0.15) is 25.7 Å². The number of nitrogens with one attached hydrogen (secondary N) is 1. The van der Waals surface area contributed by atoms with Crippen LogP contribution in [0, 0.1) is 29.4 Å². The lowest BCUT2D eigenvalue weighted by molar-refractivity contribution is -0.148. The third-order valence-corrected chi connectivity index (χ3v) is 6.43. The van der Waals surface area contributed by atoms with E-state index in [4.69, 9.17) is 5.73 Å². The molecule has 2 bridgehead atoms. The minimum Gasteiger partial charge on any atom is -0.481 e. The Balaban J connectivity index is 1.61. The lowest BCUT2D eigenvalue weighted by atomic mass is 9.61. The first kappa shape index (κ1) is 18.7. The average Bonchev–Trinajstić information content (AvgIpc) is 3.06. The topological polar surface area (TPSA) is 118 Å². The van der Waals surface area contributed by atoms with E-state index >= 15 is 0 Å². The van der Waals surface area contributed by atoms with Crippen molar-refractivity contribution in [1.29, 1.82) is 0 Å². The van der Waals surface area contributed by atoms with Gasteiger partial charge in [0.2, 0.25) is 0 Å². The second kappa shape index (κ2) is 6.89. The molecule has 0 saturated heterocycles. The summed E-state index contributed by atoms with van der Waals surface area (Å²) >= 11 is 0. The van der Waals surface area contributed by atoms with E-state index in [2.05, 4.69) is 20.4 Å². The van der Waals surface area contributed by atoms with Crippen LogP contribution in [0.15, 0.2) is 24.7 Å². The summed E-state index contributed by atoms with van der Waals surface area (Å²) in [5.74, 6) is -2.43. The van der Waals surface area contributed by atoms with Crippen molar-refractivity contribution in [2.45, 2.75) is 31.7 Å². The van der Waals surface area contributed by atoms with E-state index in [0.717, 1.165) is 38.1 Å². The Morgan fingerprint density at radius 2 is 1.90 bits per heavy atom. The van der Waals surface area contributed by atoms with E-state index in [1.807, 2.05) is 0 Å². The highest BCUT2D eigenvalue weighted by Crippen LogP contribution is 2.46. The SMILES string of the molecule is Nc1nn2c(N[C@H]3C4CCC(CC4)[C@@H]3C(=O)O)c(F)cnc2c1-c1cncc(F)c1. The summed E-state index contributed by atoms with van der Waals surface area (Å²) in [6.07, 6.45) is 7.09. The van der Waals surface area contributed by atoms with Gasteiger partial charge in [-0.1, -0.05) is 0 Å². The maximum atomic E-state index is 14.8. The number of carboxylic acids is 1. The van der Waals surface area contributed by atoms with Crippen molar-refractivity contribution in [2.75, 3.05) is 11.1 Å². The molecule has 3 aromatic rings. The molecule has 2 atom stereocenters. The molecule has 30 heavy (non-hydrogen) atoms. The molecule has 3 heterocycles. The number of fused-ring (bicyclic) bond motifs is 4. The predicted octanol–water partition coefficient (Wildman–Crippen LogP) is 2.95. The molecule has 0 amide bonds. The number of aromatic nitrogens is 4. The Kier molecular flexibility index (Phi) is 4.30. The first-order valence-electron chi connectivity index (χ1n) is 9.87. The van der Waals surface area contributed by atoms with Gasteiger partial charge < -0.3 is 16.2 Å². The Bertz CT molecular complexity index is 1140. The summed E-state index contributed by atoms with van der Waals surface area (Å²) in [5, 5.41) is 17.1. The highest BCUT2D eigenvalue weighted by atomic mass is 19.1. The second-order valence-electron chi connectivity index (χ2n) is 8.05. The van der Waals surface area contributed by atoms with Gasteiger partial charge in [0.15, 0.2) is 23.1 Å². The third-order valence-electron chi connectivity index (χ3n) is 6.43. The summed E-state index contributed by atoms with van der Waals surface area (Å²) < 4.78 is 29.7. The molecule has 0 aromatic carbocycles. The molecule has 156 valence electrons. The van der Waals surface area contributed by atoms with Crippen molar-refractivity contribution in [3.63, 3.8) is 0 Å². The van der Waals surface area contributed by atoms with Crippen LogP contribution >= 0.6 is 0 Å². The number of carbonyl (C=O) groups is 1. The van der Waals surface area contributed by atoms with Crippen LogP contribution in [0.2, 0.25) is 0 Å². The van der Waals surface area contributed by atoms with Gasteiger partial charge in [0.25, 0.3) is 0 Å². The van der Waals surface area contributed by atoms with Crippen molar-refractivity contribution in [2.24, 2.45) is 17.8 Å². The maximum Gasteiger partial charge on any atom is 0.308 e. The minimum atomic E-state index is -0.876. The van der Waals surface area contributed by atoms with Crippen molar-refractivity contribution >= 4 is 23.3 Å². The fraction of sp³-hybridized carbons (Fsp3) is 0.400. The van der Waals surface area contributed by atoms with Crippen LogP contribution in [-0.2, 0) is 4.79 Å². The quantitative estimate of drug-likeness (QED) is 0.601. The van der Waals surface area contributed by atoms with Crippen molar-refractivity contribution in [3.05, 3.63) is 36.3 Å². The highest BCUT2D eigenvalue weighted by molar-refractivity contribution is 5.86. The monoisotopic (exact) mass is 414 g/mol. The molecule has 0 unspecified atom stereocenters. The van der Waals surface area contributed by atoms with Gasteiger partial charge in [-0.2, -0.15) is 4.52 Å². The molecule has 3 saturated carbocycles. The molecule has 3 aliphatic carbocycles. The summed E-state index contributed by atoms with van der Waals surface area (Å²) in [7, 11) is 0. The van der Waals surface area contributed by atoms with Crippen LogP contribution in [-0.4, -0.2) is 36.7 Å². The van der Waals surface area contributed by atoms with Crippen LogP contribution in [0.3, 0.4) is 0 Å². The van der Waals surface area contributed by atoms with E-state index in [0.29, 0.717) is 11.1 Å². The van der Waals surface area contributed by atoms with Crippen molar-refractivity contribution in [3.8, 4) is 11.1 Å². The Morgan fingerprint density at radius 1 is 1.17 bits per heavy atom. The largest absolute Gasteiger partial charge is 0.481 e. The minimum absolute atomic E-state index is 0.00566. The van der Waals surface area contributed by atoms with Gasteiger partial charge in [-0.3, -0.25) is 9.78 Å². The highest BCUT2D eigenvalue weighted by Gasteiger charge is 2.47. The first-order chi connectivity index (χ1) is 14.4. The fourth-order valence-electron chi connectivity index (χ4n) is 5.11. The number of pyridine rings is 1. The number of nitrogens with two attached hydrogens (primary N) is 1. The molecule has 3 aromatic heterocycles. The number of halogens is 2. The van der Waals surface area contributed by atoms with Crippen LogP contribution < -0.4 is 11.1 Å². The molecule has 0 aliphatic heterocycles. The number of nitrogens with zero attached hydrogens (tertiary/aromatic N) is 4. The molecule has 3 aliphatic rings. The summed E-state index contributed by atoms with van der Waals surface area (Å²) in [4.78, 5) is 19.9. The predicted molar refractivity (Wildman–Crippen MR) is 105 cm³/mol. The number of hydrogen-bond acceptors (Lipinski definition) is 6. The van der Waals surface area contributed by atoms with Gasteiger partial charge in [0, 0.05) is 17.8 Å². The molecular formula is C20H20F2N6O2. The molecule has 6 rings (SSSR count). The van der Waals surface area contributed by atoms with Gasteiger partial charge in [-0.25, -0.2) is 13.8 Å². The van der Waals surface area contributed by atoms with E-state index in [-0.39, 0.29) is 29.1 Å². The standard InChI is InChI=1S/C20H20F2N6O2/c21-12-5-11(6-24-7-12)15-17(23)27-28-18(13(22)8-25-19(15)28)26-16-10-3-1-9(2-4-10)14(16)20(29)30/h5-10,14,16,26H,1-4H2,(H2,23,27)(H,29,30)/t9?,10?,14-,16-/m0/s1. The molecule has 3 fully saturated rings. The Labute approximate surface area is 170 Å². The summed E-state index contributed by atoms with van der Waals surface area (Å²) in [6.45, 7) is 0. The van der Waals surface area contributed by atoms with E-state index < -0.39 is 29.6 Å². The van der Waals surface area contributed by atoms with Crippen molar-refractivity contribution in [1.82, 2.24) is 19.6 Å². The lowest BCUT2D eigenvalue weighted by Crippen LogP contribution is -2.51. The number of rotatable bonds is 4. The lowest BCUT2D eigenvalue weighted by Gasteiger charge is -2.47. The smallest absolute Gasteiger partial charge is 0.308 e. The van der Waals surface area contributed by atoms with E-state index in [9.17, 15) is 18.7 Å². The zero-order valence-electron chi connectivity index (χ0n) is 15.9. The van der Waals surface area contributed by atoms with E-state index in [1.54, 1.807) is 0 Å². The summed E-state index contributed by atoms with van der Waals surface area (Å²) in [5.41, 5.74) is 7.00. The zero-order chi connectivity index (χ0) is 21.0. The van der Waals surface area contributed by atoms with E-state index in [1.165, 1.54) is 16.8 Å². The van der Waals surface area contributed by atoms with Crippen LogP contribution in [0.4, 0.5) is 20.4 Å².